The Balaban J connectivity index is 0.00000261. The molecule has 0 amide bonds. The van der Waals surface area contributed by atoms with Crippen molar-refractivity contribution in [3.05, 3.63) is 38.8 Å². The van der Waals surface area contributed by atoms with E-state index >= 15 is 0 Å². The van der Waals surface area contributed by atoms with E-state index in [1.807, 2.05) is 18.3 Å². The number of ether oxygens (including phenoxy) is 2. The molecule has 2 heterocycles. The first-order valence-electron chi connectivity index (χ1n) is 8.59. The van der Waals surface area contributed by atoms with Crippen LogP contribution in [0.25, 0.3) is 0 Å². The first kappa shape index (κ1) is 22.0. The highest BCUT2D eigenvalue weighted by Crippen LogP contribution is 2.38. The normalized spacial score (nSPS) is 13.1. The zero-order valence-electron chi connectivity index (χ0n) is 15.4. The van der Waals surface area contributed by atoms with Crippen LogP contribution in [0, 0.1) is 6.92 Å². The third-order valence-corrected chi connectivity index (χ3v) is 5.14. The van der Waals surface area contributed by atoms with Crippen molar-refractivity contribution in [1.82, 2.24) is 15.6 Å². The number of hydrogen-bond donors (Lipinski definition) is 2. The lowest BCUT2D eigenvalue weighted by atomic mass is 10.1. The van der Waals surface area contributed by atoms with Crippen LogP contribution in [0.15, 0.2) is 23.3 Å². The zero-order valence-corrected chi connectivity index (χ0v) is 19.3. The lowest BCUT2D eigenvalue weighted by molar-refractivity contribution is 0.171. The largest absolute Gasteiger partial charge is 0.486 e. The van der Waals surface area contributed by atoms with Crippen LogP contribution < -0.4 is 20.1 Å². The number of rotatable bonds is 6. The van der Waals surface area contributed by atoms with Crippen LogP contribution in [-0.2, 0) is 12.8 Å². The molecule has 0 spiro atoms. The van der Waals surface area contributed by atoms with Gasteiger partial charge in [0.1, 0.15) is 13.2 Å². The van der Waals surface area contributed by atoms with Crippen LogP contribution in [0.2, 0.25) is 5.02 Å². The van der Waals surface area contributed by atoms with Crippen molar-refractivity contribution >= 4 is 52.9 Å². The van der Waals surface area contributed by atoms with Gasteiger partial charge in [-0.3, -0.25) is 4.99 Å². The van der Waals surface area contributed by atoms with Crippen molar-refractivity contribution in [3.8, 4) is 11.5 Å². The van der Waals surface area contributed by atoms with Gasteiger partial charge in [-0.2, -0.15) is 0 Å². The molecule has 1 aromatic carbocycles. The fourth-order valence-corrected chi connectivity index (χ4v) is 3.73. The Hall–Kier alpha value is -1.26. The molecule has 0 saturated heterocycles. The molecule has 1 aliphatic heterocycles. The maximum absolute atomic E-state index is 6.28. The minimum Gasteiger partial charge on any atom is -0.486 e. The Kier molecular flexibility index (Phi) is 8.91. The molecule has 0 unspecified atom stereocenters. The van der Waals surface area contributed by atoms with E-state index in [0.717, 1.165) is 48.2 Å². The average molecular weight is 523 g/mol. The zero-order chi connectivity index (χ0) is 18.4. The van der Waals surface area contributed by atoms with Crippen LogP contribution in [0.5, 0.6) is 11.5 Å². The molecule has 3 rings (SSSR count). The van der Waals surface area contributed by atoms with Crippen molar-refractivity contribution in [2.45, 2.75) is 19.8 Å². The van der Waals surface area contributed by atoms with Crippen molar-refractivity contribution < 1.29 is 9.47 Å². The van der Waals surface area contributed by atoms with Crippen LogP contribution >= 0.6 is 46.9 Å². The van der Waals surface area contributed by atoms with E-state index in [2.05, 4.69) is 27.5 Å². The minimum absolute atomic E-state index is 0. The van der Waals surface area contributed by atoms with Gasteiger partial charge in [-0.1, -0.05) is 11.6 Å². The maximum Gasteiger partial charge on any atom is 0.191 e. The Morgan fingerprint density at radius 2 is 1.96 bits per heavy atom. The fraction of sp³-hybridized carbons (Fsp3) is 0.444. The molecule has 2 aromatic rings. The van der Waals surface area contributed by atoms with Gasteiger partial charge in [0.05, 0.1) is 10.0 Å². The highest BCUT2D eigenvalue weighted by Gasteiger charge is 2.16. The number of thiazole rings is 1. The van der Waals surface area contributed by atoms with E-state index in [4.69, 9.17) is 21.1 Å². The van der Waals surface area contributed by atoms with Gasteiger partial charge in [-0.25, -0.2) is 4.98 Å². The molecule has 27 heavy (non-hydrogen) atoms. The second kappa shape index (κ2) is 10.9. The molecule has 148 valence electrons. The van der Waals surface area contributed by atoms with Gasteiger partial charge in [0, 0.05) is 37.6 Å². The number of fused-ring (bicyclic) bond motifs is 1. The van der Waals surface area contributed by atoms with Gasteiger partial charge < -0.3 is 20.1 Å². The predicted molar refractivity (Wildman–Crippen MR) is 121 cm³/mol. The number of hydrogen-bond acceptors (Lipinski definition) is 5. The van der Waals surface area contributed by atoms with Gasteiger partial charge in [-0.15, -0.1) is 35.3 Å². The first-order valence-corrected chi connectivity index (χ1v) is 9.79. The van der Waals surface area contributed by atoms with E-state index in [0.29, 0.717) is 24.0 Å². The average Bonchev–Trinajstić information content (AvgIpc) is 3.05. The molecule has 0 aliphatic carbocycles. The predicted octanol–water partition coefficient (Wildman–Crippen LogP) is 3.44. The summed E-state index contributed by atoms with van der Waals surface area (Å²) < 4.78 is 11.2. The Labute approximate surface area is 185 Å². The van der Waals surface area contributed by atoms with Crippen LogP contribution in [-0.4, -0.2) is 44.3 Å². The summed E-state index contributed by atoms with van der Waals surface area (Å²) >= 11 is 8.01. The summed E-state index contributed by atoms with van der Waals surface area (Å²) in [5.41, 5.74) is 1.10. The second-order valence-electron chi connectivity index (χ2n) is 5.89. The summed E-state index contributed by atoms with van der Waals surface area (Å²) in [6, 6.07) is 3.92. The molecular weight excluding hydrogens is 499 g/mol. The summed E-state index contributed by atoms with van der Waals surface area (Å²) in [5.74, 6) is 2.14. The van der Waals surface area contributed by atoms with E-state index in [1.54, 1.807) is 18.4 Å². The summed E-state index contributed by atoms with van der Waals surface area (Å²) in [4.78, 5) is 9.85. The summed E-state index contributed by atoms with van der Waals surface area (Å²) in [6.07, 6.45) is 3.60. The molecule has 2 N–H and O–H groups in total. The lowest BCUT2D eigenvalue weighted by Crippen LogP contribution is -2.39. The topological polar surface area (TPSA) is 67.8 Å². The lowest BCUT2D eigenvalue weighted by Gasteiger charge is -2.20. The Morgan fingerprint density at radius 3 is 2.67 bits per heavy atom. The molecule has 1 aliphatic rings. The Bertz CT molecular complexity index is 785. The molecular formula is C18H24ClIN4O2S. The maximum atomic E-state index is 6.28. The standard InChI is InChI=1S/C18H23ClN4O2S.HI/c1-12-11-23-16(26-12)4-6-22-18(20-2)21-5-3-13-9-14(19)17-15(10-13)24-7-8-25-17;/h9-11H,3-8H2,1-2H3,(H2,20,21,22);1H. The van der Waals surface area contributed by atoms with Crippen molar-refractivity contribution in [1.29, 1.82) is 0 Å². The van der Waals surface area contributed by atoms with Crippen molar-refractivity contribution in [2.24, 2.45) is 4.99 Å². The number of guanidine groups is 1. The summed E-state index contributed by atoms with van der Waals surface area (Å²) in [5, 5.41) is 8.36. The molecule has 0 radical (unpaired) electrons. The van der Waals surface area contributed by atoms with Gasteiger partial charge >= 0.3 is 0 Å². The number of nitrogens with zero attached hydrogens (tertiary/aromatic N) is 2. The summed E-state index contributed by atoms with van der Waals surface area (Å²) in [6.45, 7) is 4.70. The molecule has 0 saturated carbocycles. The van der Waals surface area contributed by atoms with E-state index in [9.17, 15) is 0 Å². The highest BCUT2D eigenvalue weighted by atomic mass is 127. The Morgan fingerprint density at radius 1 is 1.22 bits per heavy atom. The number of aromatic nitrogens is 1. The summed E-state index contributed by atoms with van der Waals surface area (Å²) in [7, 11) is 1.77. The van der Waals surface area contributed by atoms with Crippen molar-refractivity contribution in [2.75, 3.05) is 33.4 Å². The SMILES string of the molecule is CN=C(NCCc1cc(Cl)c2c(c1)OCCO2)NCCc1ncc(C)s1.I. The van der Waals surface area contributed by atoms with Gasteiger partial charge in [-0.05, 0) is 31.0 Å². The smallest absolute Gasteiger partial charge is 0.191 e. The number of benzene rings is 1. The second-order valence-corrected chi connectivity index (χ2v) is 7.62. The van der Waals surface area contributed by atoms with Gasteiger partial charge in [0.15, 0.2) is 17.5 Å². The van der Waals surface area contributed by atoms with E-state index in [1.165, 1.54) is 4.88 Å². The van der Waals surface area contributed by atoms with E-state index in [-0.39, 0.29) is 24.0 Å². The third kappa shape index (κ3) is 6.39. The molecule has 0 bridgehead atoms. The third-order valence-electron chi connectivity index (χ3n) is 3.89. The first-order chi connectivity index (χ1) is 12.7. The van der Waals surface area contributed by atoms with Crippen LogP contribution in [0.3, 0.4) is 0 Å². The van der Waals surface area contributed by atoms with Crippen LogP contribution in [0.4, 0.5) is 0 Å². The monoisotopic (exact) mass is 522 g/mol. The fourth-order valence-electron chi connectivity index (χ4n) is 2.66. The molecule has 9 heteroatoms. The molecule has 0 fully saturated rings. The molecule has 0 atom stereocenters. The van der Waals surface area contributed by atoms with Crippen LogP contribution in [0.1, 0.15) is 15.4 Å². The number of aliphatic imine (C=N–C) groups is 1. The minimum atomic E-state index is 0. The highest BCUT2D eigenvalue weighted by molar-refractivity contribution is 14.0. The van der Waals surface area contributed by atoms with E-state index < -0.39 is 0 Å². The molecule has 6 nitrogen and oxygen atoms in total. The quantitative estimate of drug-likeness (QED) is 0.346. The molecule has 1 aromatic heterocycles. The number of aryl methyl sites for hydroxylation is 1. The van der Waals surface area contributed by atoms with Gasteiger partial charge in [0.2, 0.25) is 0 Å². The van der Waals surface area contributed by atoms with Crippen molar-refractivity contribution in [3.63, 3.8) is 0 Å². The number of halogens is 2. The number of nitrogens with one attached hydrogen (secondary N) is 2. The van der Waals surface area contributed by atoms with Gasteiger partial charge in [0.25, 0.3) is 0 Å².